The van der Waals surface area contributed by atoms with Gasteiger partial charge < -0.3 is 19.7 Å². The lowest BCUT2D eigenvalue weighted by atomic mass is 10.1. The second-order valence-electron chi connectivity index (χ2n) is 6.95. The molecule has 0 aromatic heterocycles. The summed E-state index contributed by atoms with van der Waals surface area (Å²) in [6, 6.07) is 6.36. The number of rotatable bonds is 6. The summed E-state index contributed by atoms with van der Waals surface area (Å²) in [6.07, 6.45) is 3.01. The number of morpholine rings is 1. The van der Waals surface area contributed by atoms with Crippen LogP contribution in [-0.2, 0) is 14.3 Å². The van der Waals surface area contributed by atoms with E-state index in [9.17, 15) is 0 Å². The van der Waals surface area contributed by atoms with Gasteiger partial charge in [0.1, 0.15) is 5.75 Å². The lowest BCUT2D eigenvalue weighted by Crippen LogP contribution is -2.45. The Labute approximate surface area is 160 Å². The van der Waals surface area contributed by atoms with Crippen LogP contribution in [0.4, 0.5) is 0 Å². The molecule has 1 saturated heterocycles. The van der Waals surface area contributed by atoms with Gasteiger partial charge in [0.05, 0.1) is 18.8 Å². The molecule has 0 radical (unpaired) electrons. The van der Waals surface area contributed by atoms with E-state index in [0.29, 0.717) is 12.2 Å². The van der Waals surface area contributed by atoms with E-state index in [1.807, 2.05) is 0 Å². The van der Waals surface area contributed by atoms with Crippen LogP contribution in [0, 0.1) is 13.8 Å². The average Bonchev–Trinajstić information content (AvgIpc) is 2.56. The van der Waals surface area contributed by atoms with Crippen molar-refractivity contribution in [1.29, 1.82) is 0 Å². The summed E-state index contributed by atoms with van der Waals surface area (Å²) >= 11 is 0. The molecular weight excluding hydrogens is 350 g/mol. The van der Waals surface area contributed by atoms with E-state index in [0.717, 1.165) is 38.4 Å². The Morgan fingerprint density at radius 2 is 1.70 bits per heavy atom. The van der Waals surface area contributed by atoms with E-state index in [2.05, 4.69) is 50.8 Å². The molecule has 1 fully saturated rings. The van der Waals surface area contributed by atoms with Crippen LogP contribution in [0.15, 0.2) is 18.2 Å². The molecule has 27 heavy (non-hydrogen) atoms. The first-order chi connectivity index (χ1) is 12.7. The molecule has 1 aromatic carbocycles. The third kappa shape index (κ3) is 9.40. The number of ether oxygens (including phenoxy) is 2. The number of hydrogen-bond donors (Lipinski definition) is 2. The molecule has 7 nitrogen and oxygen atoms in total. The van der Waals surface area contributed by atoms with Gasteiger partial charge in [-0.25, -0.2) is 9.59 Å². The van der Waals surface area contributed by atoms with Crippen molar-refractivity contribution in [2.75, 3.05) is 26.2 Å². The SMILES string of the molecule is Cc1ccc(OCCCCN2CC(C)OC(C)C2)c(C)c1.O=C(O)C(=O)O. The number of nitrogens with zero attached hydrogens (tertiary/aromatic N) is 1. The number of aliphatic carboxylic acids is 2. The van der Waals surface area contributed by atoms with Gasteiger partial charge >= 0.3 is 11.9 Å². The summed E-state index contributed by atoms with van der Waals surface area (Å²) in [5.41, 5.74) is 2.52. The normalized spacial score (nSPS) is 19.7. The fourth-order valence-corrected chi connectivity index (χ4v) is 3.05. The number of aryl methyl sites for hydroxylation is 2. The first kappa shape index (κ1) is 22.9. The minimum atomic E-state index is -1.82. The fraction of sp³-hybridized carbons (Fsp3) is 0.600. The van der Waals surface area contributed by atoms with E-state index in [-0.39, 0.29) is 0 Å². The Balaban J connectivity index is 0.000000527. The molecule has 1 aliphatic rings. The van der Waals surface area contributed by atoms with Crippen molar-refractivity contribution in [3.63, 3.8) is 0 Å². The number of benzene rings is 1. The molecule has 2 rings (SSSR count). The van der Waals surface area contributed by atoms with Gasteiger partial charge in [0.25, 0.3) is 0 Å². The van der Waals surface area contributed by atoms with Gasteiger partial charge in [0.15, 0.2) is 0 Å². The molecule has 1 aliphatic heterocycles. The van der Waals surface area contributed by atoms with Crippen molar-refractivity contribution in [1.82, 2.24) is 4.90 Å². The highest BCUT2D eigenvalue weighted by Crippen LogP contribution is 2.19. The van der Waals surface area contributed by atoms with Gasteiger partial charge in [-0.1, -0.05) is 17.7 Å². The third-order valence-corrected chi connectivity index (χ3v) is 4.13. The zero-order valence-corrected chi connectivity index (χ0v) is 16.6. The first-order valence-electron chi connectivity index (χ1n) is 9.23. The summed E-state index contributed by atoms with van der Waals surface area (Å²) in [6.45, 7) is 12.6. The Morgan fingerprint density at radius 1 is 1.11 bits per heavy atom. The van der Waals surface area contributed by atoms with Crippen molar-refractivity contribution in [3.05, 3.63) is 29.3 Å². The van der Waals surface area contributed by atoms with Crippen LogP contribution >= 0.6 is 0 Å². The number of carbonyl (C=O) groups is 2. The molecule has 0 bridgehead atoms. The van der Waals surface area contributed by atoms with E-state index >= 15 is 0 Å². The zero-order chi connectivity index (χ0) is 20.4. The molecular formula is C20H31NO6. The van der Waals surface area contributed by atoms with Crippen molar-refractivity contribution < 1.29 is 29.3 Å². The van der Waals surface area contributed by atoms with Crippen LogP contribution < -0.4 is 4.74 Å². The lowest BCUT2D eigenvalue weighted by molar-refractivity contribution is -0.159. The van der Waals surface area contributed by atoms with Crippen LogP contribution in [0.1, 0.15) is 37.8 Å². The predicted octanol–water partition coefficient (Wildman–Crippen LogP) is 2.73. The highest BCUT2D eigenvalue weighted by molar-refractivity contribution is 6.27. The molecule has 152 valence electrons. The van der Waals surface area contributed by atoms with E-state index < -0.39 is 11.9 Å². The van der Waals surface area contributed by atoms with Gasteiger partial charge in [-0.2, -0.15) is 0 Å². The van der Waals surface area contributed by atoms with Crippen LogP contribution in [-0.4, -0.2) is 65.5 Å². The highest BCUT2D eigenvalue weighted by Gasteiger charge is 2.21. The summed E-state index contributed by atoms with van der Waals surface area (Å²) in [5.74, 6) is -2.63. The van der Waals surface area contributed by atoms with Gasteiger partial charge in [-0.3, -0.25) is 4.90 Å². The van der Waals surface area contributed by atoms with E-state index in [1.54, 1.807) is 0 Å². The van der Waals surface area contributed by atoms with Crippen molar-refractivity contribution in [3.8, 4) is 5.75 Å². The minimum absolute atomic E-state index is 0.361. The number of carboxylic acid groups (broad SMARTS) is 2. The monoisotopic (exact) mass is 381 g/mol. The van der Waals surface area contributed by atoms with Crippen LogP contribution in [0.5, 0.6) is 5.75 Å². The summed E-state index contributed by atoms with van der Waals surface area (Å²) in [7, 11) is 0. The second-order valence-corrected chi connectivity index (χ2v) is 6.95. The molecule has 0 aliphatic carbocycles. The quantitative estimate of drug-likeness (QED) is 0.578. The van der Waals surface area contributed by atoms with Gasteiger partial charge in [0, 0.05) is 13.1 Å². The van der Waals surface area contributed by atoms with Gasteiger partial charge in [-0.05, 0) is 58.7 Å². The summed E-state index contributed by atoms with van der Waals surface area (Å²) in [5, 5.41) is 14.8. The molecule has 0 spiro atoms. The molecule has 2 unspecified atom stereocenters. The van der Waals surface area contributed by atoms with Crippen molar-refractivity contribution in [2.45, 2.75) is 52.7 Å². The van der Waals surface area contributed by atoms with Gasteiger partial charge in [0.2, 0.25) is 0 Å². The Hall–Kier alpha value is -2.12. The molecule has 2 atom stereocenters. The van der Waals surface area contributed by atoms with E-state index in [4.69, 9.17) is 29.3 Å². The van der Waals surface area contributed by atoms with E-state index in [1.165, 1.54) is 17.5 Å². The van der Waals surface area contributed by atoms with Crippen LogP contribution in [0.25, 0.3) is 0 Å². The molecule has 0 saturated carbocycles. The second kappa shape index (κ2) is 11.6. The maximum atomic E-state index is 9.10. The highest BCUT2D eigenvalue weighted by atomic mass is 16.5. The van der Waals surface area contributed by atoms with Crippen LogP contribution in [0.2, 0.25) is 0 Å². The van der Waals surface area contributed by atoms with Crippen molar-refractivity contribution in [2.24, 2.45) is 0 Å². The summed E-state index contributed by atoms with van der Waals surface area (Å²) in [4.78, 5) is 20.7. The predicted molar refractivity (Wildman–Crippen MR) is 102 cm³/mol. The lowest BCUT2D eigenvalue weighted by Gasteiger charge is -2.35. The topological polar surface area (TPSA) is 96.3 Å². The Kier molecular flexibility index (Phi) is 9.82. The molecule has 7 heteroatoms. The molecule has 0 amide bonds. The summed E-state index contributed by atoms with van der Waals surface area (Å²) < 4.78 is 11.6. The standard InChI is InChI=1S/C18H29NO2.C2H2O4/c1-14-7-8-18(15(2)11-14)20-10-6-5-9-19-12-16(3)21-17(4)13-19;3-1(4)2(5)6/h7-8,11,16-17H,5-6,9-10,12-13H2,1-4H3;(H,3,4)(H,5,6). The Bertz CT molecular complexity index is 596. The van der Waals surface area contributed by atoms with Gasteiger partial charge in [-0.15, -0.1) is 0 Å². The largest absolute Gasteiger partial charge is 0.493 e. The molecule has 1 heterocycles. The average molecular weight is 381 g/mol. The zero-order valence-electron chi connectivity index (χ0n) is 16.6. The number of unbranched alkanes of at least 4 members (excludes halogenated alkanes) is 1. The maximum absolute atomic E-state index is 9.10. The molecule has 2 N–H and O–H groups in total. The minimum Gasteiger partial charge on any atom is -0.493 e. The maximum Gasteiger partial charge on any atom is 0.414 e. The van der Waals surface area contributed by atoms with Crippen molar-refractivity contribution >= 4 is 11.9 Å². The smallest absolute Gasteiger partial charge is 0.414 e. The molecule has 1 aromatic rings. The fourth-order valence-electron chi connectivity index (χ4n) is 3.05. The Morgan fingerprint density at radius 3 is 2.22 bits per heavy atom. The number of carboxylic acids is 2. The number of hydrogen-bond acceptors (Lipinski definition) is 5. The van der Waals surface area contributed by atoms with Crippen LogP contribution in [0.3, 0.4) is 0 Å². The first-order valence-corrected chi connectivity index (χ1v) is 9.23. The third-order valence-electron chi connectivity index (χ3n) is 4.13.